The van der Waals surface area contributed by atoms with Crippen LogP contribution in [0, 0.1) is 13.8 Å². The number of hydrogen-bond donors (Lipinski definition) is 2. The van der Waals surface area contributed by atoms with Gasteiger partial charge < -0.3 is 16.4 Å². The third-order valence-electron chi connectivity index (χ3n) is 2.90. The van der Waals surface area contributed by atoms with Gasteiger partial charge in [-0.1, -0.05) is 12.2 Å². The van der Waals surface area contributed by atoms with E-state index in [1.165, 1.54) is 0 Å². The van der Waals surface area contributed by atoms with Gasteiger partial charge in [0, 0.05) is 13.1 Å². The Labute approximate surface area is 103 Å². The van der Waals surface area contributed by atoms with Crippen molar-refractivity contribution < 1.29 is 0 Å². The normalized spacial score (nSPS) is 10.0. The van der Waals surface area contributed by atoms with E-state index in [0.717, 1.165) is 29.9 Å². The van der Waals surface area contributed by atoms with E-state index in [2.05, 4.69) is 25.0 Å². The summed E-state index contributed by atoms with van der Waals surface area (Å²) in [7, 11) is 0. The van der Waals surface area contributed by atoms with Gasteiger partial charge in [-0.15, -0.1) is 13.2 Å². The molecule has 4 N–H and O–H groups in total. The summed E-state index contributed by atoms with van der Waals surface area (Å²) >= 11 is 0. The van der Waals surface area contributed by atoms with E-state index in [9.17, 15) is 0 Å². The summed E-state index contributed by atoms with van der Waals surface area (Å²) in [5.41, 5.74) is 16.5. The van der Waals surface area contributed by atoms with Crippen molar-refractivity contribution >= 4 is 17.1 Å². The standard InChI is InChI=1S/C14H21N3/c1-5-7-17(8-6-2)14-11(4)10(3)9-12(15)13(14)16/h5-6,9H,1-2,7-8,15-16H2,3-4H3. The average molecular weight is 231 g/mol. The Kier molecular flexibility index (Phi) is 4.21. The zero-order valence-electron chi connectivity index (χ0n) is 10.7. The summed E-state index contributed by atoms with van der Waals surface area (Å²) in [4.78, 5) is 2.12. The molecule has 0 radical (unpaired) electrons. The van der Waals surface area contributed by atoms with Crippen LogP contribution in [0.25, 0.3) is 0 Å². The van der Waals surface area contributed by atoms with Crippen LogP contribution in [0.3, 0.4) is 0 Å². The van der Waals surface area contributed by atoms with E-state index < -0.39 is 0 Å². The highest BCUT2D eigenvalue weighted by molar-refractivity contribution is 5.83. The van der Waals surface area contributed by atoms with Gasteiger partial charge in [0.25, 0.3) is 0 Å². The second-order valence-electron chi connectivity index (χ2n) is 4.15. The molecule has 3 nitrogen and oxygen atoms in total. The first-order chi connectivity index (χ1) is 8.02. The lowest BCUT2D eigenvalue weighted by atomic mass is 10.0. The van der Waals surface area contributed by atoms with Crippen molar-refractivity contribution in [3.05, 3.63) is 42.5 Å². The molecule has 0 aliphatic rings. The topological polar surface area (TPSA) is 55.3 Å². The highest BCUT2D eigenvalue weighted by Crippen LogP contribution is 2.34. The zero-order chi connectivity index (χ0) is 13.0. The monoisotopic (exact) mass is 231 g/mol. The largest absolute Gasteiger partial charge is 0.397 e. The molecular formula is C14H21N3. The van der Waals surface area contributed by atoms with E-state index in [1.807, 2.05) is 25.1 Å². The van der Waals surface area contributed by atoms with Crippen LogP contribution < -0.4 is 16.4 Å². The Morgan fingerprint density at radius 2 is 1.71 bits per heavy atom. The van der Waals surface area contributed by atoms with E-state index in [4.69, 9.17) is 11.5 Å². The molecule has 92 valence electrons. The lowest BCUT2D eigenvalue weighted by molar-refractivity contribution is 0.949. The van der Waals surface area contributed by atoms with Gasteiger partial charge in [0.1, 0.15) is 0 Å². The second-order valence-corrected chi connectivity index (χ2v) is 4.15. The van der Waals surface area contributed by atoms with Gasteiger partial charge in [0.2, 0.25) is 0 Å². The molecule has 0 aliphatic carbocycles. The third-order valence-corrected chi connectivity index (χ3v) is 2.90. The lowest BCUT2D eigenvalue weighted by Crippen LogP contribution is -2.25. The first-order valence-electron chi connectivity index (χ1n) is 5.64. The fraction of sp³-hybridized carbons (Fsp3) is 0.286. The number of benzene rings is 1. The Bertz CT molecular complexity index is 399. The minimum absolute atomic E-state index is 0.626. The smallest absolute Gasteiger partial charge is 0.0788 e. The van der Waals surface area contributed by atoms with Crippen molar-refractivity contribution in [2.24, 2.45) is 0 Å². The van der Waals surface area contributed by atoms with E-state index in [-0.39, 0.29) is 0 Å². The number of nitrogens with zero attached hydrogens (tertiary/aromatic N) is 1. The summed E-state index contributed by atoms with van der Waals surface area (Å²) in [5, 5.41) is 0. The van der Waals surface area contributed by atoms with Crippen molar-refractivity contribution in [2.45, 2.75) is 13.8 Å². The van der Waals surface area contributed by atoms with E-state index in [1.54, 1.807) is 0 Å². The molecule has 0 atom stereocenters. The van der Waals surface area contributed by atoms with Gasteiger partial charge in [-0.25, -0.2) is 0 Å². The molecule has 0 aromatic heterocycles. The van der Waals surface area contributed by atoms with Gasteiger partial charge in [-0.05, 0) is 31.0 Å². The van der Waals surface area contributed by atoms with Crippen molar-refractivity contribution in [2.75, 3.05) is 29.5 Å². The zero-order valence-corrected chi connectivity index (χ0v) is 10.7. The van der Waals surface area contributed by atoms with Crippen molar-refractivity contribution in [3.63, 3.8) is 0 Å². The molecule has 0 fully saturated rings. The van der Waals surface area contributed by atoms with Crippen LogP contribution >= 0.6 is 0 Å². The number of nitrogens with two attached hydrogens (primary N) is 2. The second kappa shape index (κ2) is 5.43. The molecule has 1 rings (SSSR count). The number of aryl methyl sites for hydroxylation is 1. The lowest BCUT2D eigenvalue weighted by Gasteiger charge is -2.27. The molecule has 0 saturated heterocycles. The van der Waals surface area contributed by atoms with Crippen molar-refractivity contribution in [1.82, 2.24) is 0 Å². The minimum atomic E-state index is 0.626. The molecule has 0 amide bonds. The molecule has 1 aromatic carbocycles. The van der Waals surface area contributed by atoms with E-state index >= 15 is 0 Å². The molecule has 1 aromatic rings. The molecule has 0 unspecified atom stereocenters. The summed E-state index contributed by atoms with van der Waals surface area (Å²) in [5.74, 6) is 0. The maximum absolute atomic E-state index is 6.08. The molecule has 3 heteroatoms. The molecule has 0 spiro atoms. The molecule has 0 aliphatic heterocycles. The predicted molar refractivity (Wildman–Crippen MR) is 77.3 cm³/mol. The Balaban J connectivity index is 3.34. The van der Waals surface area contributed by atoms with Gasteiger partial charge >= 0.3 is 0 Å². The molecule has 0 saturated carbocycles. The first kappa shape index (κ1) is 13.2. The molecule has 0 heterocycles. The maximum atomic E-state index is 6.08. The van der Waals surface area contributed by atoms with Gasteiger partial charge in [0.15, 0.2) is 0 Å². The van der Waals surface area contributed by atoms with Crippen molar-refractivity contribution in [1.29, 1.82) is 0 Å². The van der Waals surface area contributed by atoms with Crippen molar-refractivity contribution in [3.8, 4) is 0 Å². The van der Waals surface area contributed by atoms with Crippen LogP contribution in [-0.4, -0.2) is 13.1 Å². The Morgan fingerprint density at radius 3 is 2.18 bits per heavy atom. The molecular weight excluding hydrogens is 210 g/mol. The van der Waals surface area contributed by atoms with Gasteiger partial charge in [-0.2, -0.15) is 0 Å². The predicted octanol–water partition coefficient (Wildman–Crippen LogP) is 2.65. The van der Waals surface area contributed by atoms with Crippen LogP contribution in [0.2, 0.25) is 0 Å². The highest BCUT2D eigenvalue weighted by Gasteiger charge is 2.14. The number of nitrogen functional groups attached to an aromatic ring is 2. The summed E-state index contributed by atoms with van der Waals surface area (Å²) < 4.78 is 0. The van der Waals surface area contributed by atoms with Crippen LogP contribution in [0.4, 0.5) is 17.1 Å². The quantitative estimate of drug-likeness (QED) is 0.605. The van der Waals surface area contributed by atoms with Gasteiger partial charge in [-0.3, -0.25) is 0 Å². The molecule has 0 bridgehead atoms. The minimum Gasteiger partial charge on any atom is -0.397 e. The van der Waals surface area contributed by atoms with E-state index in [0.29, 0.717) is 11.4 Å². The fourth-order valence-corrected chi connectivity index (χ4v) is 1.92. The summed E-state index contributed by atoms with van der Waals surface area (Å²) in [6, 6.07) is 1.91. The maximum Gasteiger partial charge on any atom is 0.0788 e. The Morgan fingerprint density at radius 1 is 1.18 bits per heavy atom. The van der Waals surface area contributed by atoms with Crippen LogP contribution in [0.1, 0.15) is 11.1 Å². The average Bonchev–Trinajstić information content (AvgIpc) is 2.27. The Hall–Kier alpha value is -1.90. The van der Waals surface area contributed by atoms with Crippen LogP contribution in [0.15, 0.2) is 31.4 Å². The first-order valence-corrected chi connectivity index (χ1v) is 5.64. The SMILES string of the molecule is C=CCN(CC=C)c1c(C)c(C)cc(N)c1N. The van der Waals surface area contributed by atoms with Gasteiger partial charge in [0.05, 0.1) is 17.1 Å². The number of anilines is 3. The summed E-state index contributed by atoms with van der Waals surface area (Å²) in [6.07, 6.45) is 3.70. The fourth-order valence-electron chi connectivity index (χ4n) is 1.92. The number of rotatable bonds is 5. The highest BCUT2D eigenvalue weighted by atomic mass is 15.1. The van der Waals surface area contributed by atoms with Crippen LogP contribution in [0.5, 0.6) is 0 Å². The molecule has 17 heavy (non-hydrogen) atoms. The summed E-state index contributed by atoms with van der Waals surface area (Å²) in [6.45, 7) is 13.1. The third kappa shape index (κ3) is 2.61. The number of hydrogen-bond acceptors (Lipinski definition) is 3. The van der Waals surface area contributed by atoms with Crippen LogP contribution in [-0.2, 0) is 0 Å².